The molecule has 2 aliphatic rings. The van der Waals surface area contributed by atoms with Gasteiger partial charge in [-0.1, -0.05) is 0 Å². The molecular weight excluding hydrogens is 252 g/mol. The predicted molar refractivity (Wildman–Crippen MR) is 82.0 cm³/mol. The van der Waals surface area contributed by atoms with Gasteiger partial charge in [-0.25, -0.2) is 0 Å². The molecule has 0 radical (unpaired) electrons. The SMILES string of the molecule is COC1(C)CCCN(CCCC(C)(CO)NC2CC2)C1. The van der Waals surface area contributed by atoms with E-state index in [1.807, 2.05) is 7.11 Å². The third-order valence-electron chi connectivity index (χ3n) is 4.91. The molecule has 2 rings (SSSR count). The zero-order valence-electron chi connectivity index (χ0n) is 13.5. The molecule has 0 amide bonds. The minimum Gasteiger partial charge on any atom is -0.394 e. The number of hydrogen-bond acceptors (Lipinski definition) is 4. The Labute approximate surface area is 123 Å². The maximum Gasteiger partial charge on any atom is 0.0777 e. The summed E-state index contributed by atoms with van der Waals surface area (Å²) in [5.41, 5.74) is -0.0632. The first kappa shape index (κ1) is 16.2. The number of nitrogens with one attached hydrogen (secondary N) is 1. The fourth-order valence-electron chi connectivity index (χ4n) is 3.28. The molecule has 0 aromatic heterocycles. The van der Waals surface area contributed by atoms with E-state index in [1.54, 1.807) is 0 Å². The third kappa shape index (κ3) is 4.69. The lowest BCUT2D eigenvalue weighted by molar-refractivity contribution is -0.0512. The van der Waals surface area contributed by atoms with Gasteiger partial charge < -0.3 is 20.1 Å². The van der Waals surface area contributed by atoms with Crippen LogP contribution < -0.4 is 5.32 Å². The van der Waals surface area contributed by atoms with E-state index in [1.165, 1.54) is 25.8 Å². The van der Waals surface area contributed by atoms with Crippen LogP contribution in [0, 0.1) is 0 Å². The highest BCUT2D eigenvalue weighted by molar-refractivity contribution is 4.92. The van der Waals surface area contributed by atoms with Crippen LogP contribution in [0.25, 0.3) is 0 Å². The Morgan fingerprint density at radius 3 is 2.80 bits per heavy atom. The van der Waals surface area contributed by atoms with Crippen LogP contribution in [0.5, 0.6) is 0 Å². The molecule has 2 fully saturated rings. The number of nitrogens with zero attached hydrogens (tertiary/aromatic N) is 1. The first-order chi connectivity index (χ1) is 9.49. The third-order valence-corrected chi connectivity index (χ3v) is 4.91. The van der Waals surface area contributed by atoms with Gasteiger partial charge in [0.2, 0.25) is 0 Å². The van der Waals surface area contributed by atoms with Crippen molar-refractivity contribution in [1.29, 1.82) is 0 Å². The normalized spacial score (nSPS) is 31.2. The Hall–Kier alpha value is -0.160. The monoisotopic (exact) mass is 284 g/mol. The lowest BCUT2D eigenvalue weighted by Crippen LogP contribution is -2.49. The minimum absolute atomic E-state index is 0.0325. The molecule has 0 aromatic carbocycles. The second-order valence-corrected chi connectivity index (χ2v) is 7.27. The topological polar surface area (TPSA) is 44.7 Å². The van der Waals surface area contributed by atoms with Crippen LogP contribution in [0.4, 0.5) is 0 Å². The van der Waals surface area contributed by atoms with Gasteiger partial charge in [-0.2, -0.15) is 0 Å². The van der Waals surface area contributed by atoms with Gasteiger partial charge in [0.25, 0.3) is 0 Å². The molecule has 4 nitrogen and oxygen atoms in total. The van der Waals surface area contributed by atoms with Crippen molar-refractivity contribution in [2.45, 2.75) is 69.6 Å². The van der Waals surface area contributed by atoms with Gasteiger partial charge in [-0.3, -0.25) is 0 Å². The summed E-state index contributed by atoms with van der Waals surface area (Å²) in [6.07, 6.45) is 7.11. The molecular formula is C16H32N2O2. The largest absolute Gasteiger partial charge is 0.394 e. The van der Waals surface area contributed by atoms with E-state index in [-0.39, 0.29) is 17.7 Å². The number of rotatable bonds is 8. The molecule has 2 atom stereocenters. The average Bonchev–Trinajstić information content (AvgIpc) is 3.23. The van der Waals surface area contributed by atoms with Crippen LogP contribution >= 0.6 is 0 Å². The van der Waals surface area contributed by atoms with Crippen LogP contribution in [0.2, 0.25) is 0 Å². The molecule has 2 N–H and O–H groups in total. The smallest absolute Gasteiger partial charge is 0.0777 e. The second kappa shape index (κ2) is 6.73. The Balaban J connectivity index is 1.71. The standard InChI is InChI=1S/C16H32N2O2/c1-15(13-19,17-14-6-7-14)8-4-10-18-11-5-9-16(2,12-18)20-3/h14,17,19H,4-13H2,1-3H3. The Kier molecular flexibility index (Phi) is 5.46. The van der Waals surface area contributed by atoms with Gasteiger partial charge in [-0.05, 0) is 65.5 Å². The van der Waals surface area contributed by atoms with Crippen molar-refractivity contribution in [2.75, 3.05) is 33.4 Å². The minimum atomic E-state index is -0.0957. The summed E-state index contributed by atoms with van der Waals surface area (Å²) >= 11 is 0. The molecule has 0 spiro atoms. The second-order valence-electron chi connectivity index (χ2n) is 7.27. The first-order valence-electron chi connectivity index (χ1n) is 8.15. The first-order valence-corrected chi connectivity index (χ1v) is 8.15. The predicted octanol–water partition coefficient (Wildman–Crippen LogP) is 1.77. The van der Waals surface area contributed by atoms with Gasteiger partial charge >= 0.3 is 0 Å². The van der Waals surface area contributed by atoms with E-state index in [9.17, 15) is 5.11 Å². The number of piperidine rings is 1. The number of aliphatic hydroxyl groups is 1. The van der Waals surface area contributed by atoms with Crippen molar-refractivity contribution in [3.05, 3.63) is 0 Å². The molecule has 1 saturated heterocycles. The molecule has 1 heterocycles. The zero-order valence-corrected chi connectivity index (χ0v) is 13.5. The average molecular weight is 284 g/mol. The van der Waals surface area contributed by atoms with E-state index in [2.05, 4.69) is 24.1 Å². The fourth-order valence-corrected chi connectivity index (χ4v) is 3.28. The van der Waals surface area contributed by atoms with Gasteiger partial charge in [0.05, 0.1) is 12.2 Å². The van der Waals surface area contributed by atoms with Crippen LogP contribution in [0.1, 0.15) is 52.4 Å². The number of ether oxygens (including phenoxy) is 1. The van der Waals surface area contributed by atoms with Gasteiger partial charge in [0.15, 0.2) is 0 Å². The highest BCUT2D eigenvalue weighted by Gasteiger charge is 2.33. The molecule has 20 heavy (non-hydrogen) atoms. The van der Waals surface area contributed by atoms with Crippen molar-refractivity contribution in [1.82, 2.24) is 10.2 Å². The Bertz CT molecular complexity index is 309. The molecule has 1 saturated carbocycles. The van der Waals surface area contributed by atoms with Crippen LogP contribution in [0.15, 0.2) is 0 Å². The molecule has 0 aromatic rings. The molecule has 0 bridgehead atoms. The summed E-state index contributed by atoms with van der Waals surface area (Å²) < 4.78 is 5.64. The summed E-state index contributed by atoms with van der Waals surface area (Å²) in [7, 11) is 1.83. The van der Waals surface area contributed by atoms with Gasteiger partial charge in [-0.15, -0.1) is 0 Å². The van der Waals surface area contributed by atoms with Crippen molar-refractivity contribution in [2.24, 2.45) is 0 Å². The van der Waals surface area contributed by atoms with Crippen LogP contribution in [-0.2, 0) is 4.74 Å². The van der Waals surface area contributed by atoms with E-state index in [4.69, 9.17) is 4.74 Å². The summed E-state index contributed by atoms with van der Waals surface area (Å²) in [6.45, 7) is 7.94. The van der Waals surface area contributed by atoms with E-state index < -0.39 is 0 Å². The lowest BCUT2D eigenvalue weighted by Gasteiger charge is -2.40. The zero-order chi connectivity index (χ0) is 14.6. The van der Waals surface area contributed by atoms with Crippen molar-refractivity contribution < 1.29 is 9.84 Å². The Morgan fingerprint density at radius 2 is 2.20 bits per heavy atom. The van der Waals surface area contributed by atoms with Crippen LogP contribution in [-0.4, -0.2) is 60.5 Å². The molecule has 2 unspecified atom stereocenters. The Morgan fingerprint density at radius 1 is 1.45 bits per heavy atom. The summed E-state index contributed by atoms with van der Waals surface area (Å²) in [6, 6.07) is 0.652. The molecule has 4 heteroatoms. The van der Waals surface area contributed by atoms with Crippen molar-refractivity contribution in [3.8, 4) is 0 Å². The number of aliphatic hydroxyl groups excluding tert-OH is 1. The molecule has 1 aliphatic carbocycles. The molecule has 118 valence electrons. The maximum atomic E-state index is 9.62. The quantitative estimate of drug-likeness (QED) is 0.713. The number of likely N-dealkylation sites (tertiary alicyclic amines) is 1. The van der Waals surface area contributed by atoms with Crippen molar-refractivity contribution >= 4 is 0 Å². The number of hydrogen-bond donors (Lipinski definition) is 2. The molecule has 1 aliphatic heterocycles. The van der Waals surface area contributed by atoms with Crippen LogP contribution in [0.3, 0.4) is 0 Å². The highest BCUT2D eigenvalue weighted by Crippen LogP contribution is 2.26. The van der Waals surface area contributed by atoms with E-state index in [0.29, 0.717) is 6.04 Å². The van der Waals surface area contributed by atoms with E-state index in [0.717, 1.165) is 32.4 Å². The lowest BCUT2D eigenvalue weighted by atomic mass is 9.93. The summed E-state index contributed by atoms with van der Waals surface area (Å²) in [5, 5.41) is 13.2. The maximum absolute atomic E-state index is 9.62. The van der Waals surface area contributed by atoms with Gasteiger partial charge in [0.1, 0.15) is 0 Å². The van der Waals surface area contributed by atoms with E-state index >= 15 is 0 Å². The highest BCUT2D eigenvalue weighted by atomic mass is 16.5. The number of methoxy groups -OCH3 is 1. The van der Waals surface area contributed by atoms with Gasteiger partial charge in [0, 0.05) is 25.2 Å². The summed E-state index contributed by atoms with van der Waals surface area (Å²) in [5.74, 6) is 0. The summed E-state index contributed by atoms with van der Waals surface area (Å²) in [4.78, 5) is 2.52. The van der Waals surface area contributed by atoms with Crippen molar-refractivity contribution in [3.63, 3.8) is 0 Å². The fraction of sp³-hybridized carbons (Fsp3) is 1.00.